The Morgan fingerprint density at radius 3 is 2.07 bits per heavy atom. The maximum atomic E-state index is 8.98. The van der Waals surface area contributed by atoms with Crippen LogP contribution in [0, 0.1) is 20.1 Å². The molecule has 0 unspecified atom stereocenters. The highest BCUT2D eigenvalue weighted by Gasteiger charge is 2.20. The average Bonchev–Trinajstić information content (AvgIpc) is 3.87. The summed E-state index contributed by atoms with van der Waals surface area (Å²) in [5.74, 6) is 1.37. The topological polar surface area (TPSA) is 35.9 Å². The largest absolute Gasteiger partial charge is 0.458 e. The van der Waals surface area contributed by atoms with Gasteiger partial charge in [0.2, 0.25) is 0 Å². The standard InChI is InChI=1S/C50H36N4O/c1-34-29-49(51-32-35(34)2)54-45-24-10-9-21-43(45)44-28-27-40(31-48(44)54)55-39-20-13-19-38(30-39)52-33-53(47-26-12-11-25-46(47)52)50-41(36-15-5-3-6-16-36)22-14-23-42(50)37-17-7-4-8-18-37/h3-32H,1-2H3/i1D3,3D,4D,5D,6D,7D,8D,15D,16D,17D,18D. The summed E-state index contributed by atoms with van der Waals surface area (Å²) >= 11 is 0. The van der Waals surface area contributed by atoms with Crippen LogP contribution in [-0.2, 0) is 0 Å². The van der Waals surface area contributed by atoms with Gasteiger partial charge in [-0.05, 0) is 89.6 Å². The van der Waals surface area contributed by atoms with Gasteiger partial charge in [-0.15, -0.1) is 0 Å². The smallest absolute Gasteiger partial charge is 0.269 e. The first-order valence-electron chi connectivity index (χ1n) is 24.0. The Morgan fingerprint density at radius 2 is 1.31 bits per heavy atom. The number of nitrogens with zero attached hydrogens (tertiary/aromatic N) is 4. The SMILES string of the molecule is [2H]c1c([2H])c([2H])c(-c2cccc(-c3c([2H])c([2H])c([2H])c([2H])c3[2H])c2-[n+]2[c-]n(-c3cccc(Oc4ccc5c6ccccc6n(-c6cc(C([2H])([2H])[2H])c(C)cn6)c5c4)c3)c3ccccc32)c([2H])c1[2H]. The molecule has 0 fully saturated rings. The monoisotopic (exact) mass is 721 g/mol. The molecule has 5 nitrogen and oxygen atoms in total. The van der Waals surface area contributed by atoms with E-state index >= 15 is 0 Å². The number of ether oxygens (including phenoxy) is 1. The van der Waals surface area contributed by atoms with E-state index in [-0.39, 0.29) is 33.5 Å². The van der Waals surface area contributed by atoms with E-state index < -0.39 is 67.3 Å². The maximum Gasteiger partial charge on any atom is 0.269 e. The summed E-state index contributed by atoms with van der Waals surface area (Å²) in [5, 5.41) is 1.85. The maximum absolute atomic E-state index is 8.98. The van der Waals surface area contributed by atoms with Gasteiger partial charge in [-0.2, -0.15) is 0 Å². The molecular weight excluding hydrogens is 673 g/mol. The number of pyridine rings is 1. The van der Waals surface area contributed by atoms with Crippen molar-refractivity contribution in [1.29, 1.82) is 0 Å². The molecule has 0 N–H and O–H groups in total. The lowest BCUT2D eigenvalue weighted by atomic mass is 9.95. The Balaban J connectivity index is 1.15. The van der Waals surface area contributed by atoms with Crippen LogP contribution >= 0.6 is 0 Å². The van der Waals surface area contributed by atoms with Crippen LogP contribution in [0.3, 0.4) is 0 Å². The number of benzene rings is 7. The first kappa shape index (κ1) is 21.5. The minimum absolute atomic E-state index is 0.135. The van der Waals surface area contributed by atoms with Crippen LogP contribution in [0.5, 0.6) is 11.5 Å². The number of hydrogen-bond acceptors (Lipinski definition) is 2. The number of rotatable bonds is 7. The van der Waals surface area contributed by atoms with Crippen molar-refractivity contribution in [3.63, 3.8) is 0 Å². The highest BCUT2D eigenvalue weighted by atomic mass is 16.5. The molecule has 0 aliphatic carbocycles. The van der Waals surface area contributed by atoms with E-state index in [0.29, 0.717) is 39.6 Å². The predicted octanol–water partition coefficient (Wildman–Crippen LogP) is 11.9. The summed E-state index contributed by atoms with van der Waals surface area (Å²) < 4.78 is 123. The van der Waals surface area contributed by atoms with E-state index in [2.05, 4.69) is 11.3 Å². The molecule has 0 atom stereocenters. The number of para-hydroxylation sites is 4. The lowest BCUT2D eigenvalue weighted by Gasteiger charge is -2.17. The van der Waals surface area contributed by atoms with Crippen molar-refractivity contribution in [2.45, 2.75) is 13.8 Å². The third-order valence-electron chi connectivity index (χ3n) is 9.64. The van der Waals surface area contributed by atoms with Gasteiger partial charge in [0, 0.05) is 27.1 Å². The van der Waals surface area contributed by atoms with E-state index in [9.17, 15) is 0 Å². The minimum atomic E-state index is -2.35. The Labute approximate surface area is 337 Å². The molecule has 0 saturated carbocycles. The van der Waals surface area contributed by atoms with Gasteiger partial charge < -0.3 is 4.74 Å². The van der Waals surface area contributed by atoms with E-state index in [0.717, 1.165) is 21.8 Å². The van der Waals surface area contributed by atoms with Crippen LogP contribution in [0.15, 0.2) is 182 Å². The molecule has 0 aliphatic heterocycles. The fourth-order valence-corrected chi connectivity index (χ4v) is 7.09. The van der Waals surface area contributed by atoms with E-state index in [1.54, 1.807) is 76.9 Å². The number of aromatic nitrogens is 4. The van der Waals surface area contributed by atoms with Gasteiger partial charge in [0.15, 0.2) is 0 Å². The molecule has 10 aromatic rings. The van der Waals surface area contributed by atoms with E-state index in [4.69, 9.17) is 22.6 Å². The Kier molecular flexibility index (Phi) is 5.19. The van der Waals surface area contributed by atoms with Crippen molar-refractivity contribution in [3.8, 4) is 50.9 Å². The van der Waals surface area contributed by atoms with Crippen molar-refractivity contribution >= 4 is 32.8 Å². The fourth-order valence-electron chi connectivity index (χ4n) is 7.09. The van der Waals surface area contributed by atoms with E-state index in [1.807, 2.05) is 65.2 Å². The quantitative estimate of drug-likeness (QED) is 0.121. The molecule has 3 aromatic heterocycles. The lowest BCUT2D eigenvalue weighted by Crippen LogP contribution is -2.31. The Bertz CT molecular complexity index is 3600. The highest BCUT2D eigenvalue weighted by Crippen LogP contribution is 2.37. The zero-order valence-electron chi connectivity index (χ0n) is 42.2. The van der Waals surface area contributed by atoms with Crippen molar-refractivity contribution in [2.75, 3.05) is 0 Å². The average molecular weight is 722 g/mol. The van der Waals surface area contributed by atoms with Crippen LogP contribution < -0.4 is 9.30 Å². The van der Waals surface area contributed by atoms with Crippen LogP contribution in [0.1, 0.15) is 28.9 Å². The third-order valence-corrected chi connectivity index (χ3v) is 9.64. The zero-order chi connectivity index (χ0) is 48.1. The summed E-state index contributed by atoms with van der Waals surface area (Å²) in [6, 6.07) is 28.9. The molecule has 0 spiro atoms. The lowest BCUT2D eigenvalue weighted by molar-refractivity contribution is -0.571. The zero-order valence-corrected chi connectivity index (χ0v) is 29.2. The summed E-state index contributed by atoms with van der Waals surface area (Å²) in [4.78, 5) is 4.67. The summed E-state index contributed by atoms with van der Waals surface area (Å²) in [6.45, 7) is -0.619. The minimum Gasteiger partial charge on any atom is -0.458 e. The second-order valence-corrected chi connectivity index (χ2v) is 12.9. The van der Waals surface area contributed by atoms with Crippen molar-refractivity contribution < 1.29 is 27.1 Å². The third kappa shape index (κ3) is 5.65. The van der Waals surface area contributed by atoms with Gasteiger partial charge in [0.05, 0.1) is 47.1 Å². The Hall–Kier alpha value is -7.24. The van der Waals surface area contributed by atoms with Gasteiger partial charge in [-0.25, -0.2) is 4.98 Å². The van der Waals surface area contributed by atoms with Crippen LogP contribution in [0.25, 0.3) is 72.3 Å². The van der Waals surface area contributed by atoms with Crippen molar-refractivity contribution in [2.24, 2.45) is 0 Å². The van der Waals surface area contributed by atoms with E-state index in [1.165, 1.54) is 0 Å². The van der Waals surface area contributed by atoms with Gasteiger partial charge in [0.1, 0.15) is 17.3 Å². The molecule has 3 heterocycles. The summed E-state index contributed by atoms with van der Waals surface area (Å²) in [6.07, 6.45) is 4.97. The number of aryl methyl sites for hydroxylation is 2. The number of imidazole rings is 1. The molecule has 0 aliphatic rings. The highest BCUT2D eigenvalue weighted by molar-refractivity contribution is 6.09. The summed E-state index contributed by atoms with van der Waals surface area (Å²) in [5.41, 5.74) is 4.18. The molecule has 0 saturated heterocycles. The molecule has 55 heavy (non-hydrogen) atoms. The van der Waals surface area contributed by atoms with Gasteiger partial charge >= 0.3 is 0 Å². The molecule has 5 heteroatoms. The molecule has 0 amide bonds. The molecule has 10 rings (SSSR count). The van der Waals surface area contributed by atoms with Gasteiger partial charge in [0.25, 0.3) is 6.33 Å². The Morgan fingerprint density at radius 1 is 0.636 bits per heavy atom. The molecular formula is C50H36N4O. The fraction of sp³-hybridized carbons (Fsp3) is 0.0400. The first-order chi connectivity index (χ1) is 32.5. The molecule has 7 aromatic carbocycles. The number of hydrogen-bond donors (Lipinski definition) is 0. The normalized spacial score (nSPS) is 15.0. The van der Waals surface area contributed by atoms with Crippen LogP contribution in [-0.4, -0.2) is 14.1 Å². The van der Waals surface area contributed by atoms with Gasteiger partial charge in [-0.3, -0.25) is 13.7 Å². The predicted molar refractivity (Wildman–Crippen MR) is 223 cm³/mol. The van der Waals surface area contributed by atoms with Crippen molar-refractivity contribution in [3.05, 3.63) is 199 Å². The van der Waals surface area contributed by atoms with Crippen LogP contribution in [0.4, 0.5) is 0 Å². The molecule has 0 bridgehead atoms. The second-order valence-electron chi connectivity index (χ2n) is 12.9. The summed E-state index contributed by atoms with van der Waals surface area (Å²) in [7, 11) is 0. The number of fused-ring (bicyclic) bond motifs is 4. The van der Waals surface area contributed by atoms with Gasteiger partial charge in [-0.1, -0.05) is 127 Å². The molecule has 0 radical (unpaired) electrons. The first-order valence-corrected chi connectivity index (χ1v) is 17.5. The molecule has 262 valence electrons. The second kappa shape index (κ2) is 13.3. The van der Waals surface area contributed by atoms with Crippen LogP contribution in [0.2, 0.25) is 0 Å². The van der Waals surface area contributed by atoms with Crippen molar-refractivity contribution in [1.82, 2.24) is 14.1 Å².